The molecule has 0 saturated heterocycles. The third-order valence-corrected chi connectivity index (χ3v) is 2.79. The fraction of sp³-hybridized carbons (Fsp3) is 0.889. The molecule has 0 aromatic heterocycles. The number of amides is 1. The van der Waals surface area contributed by atoms with Crippen molar-refractivity contribution < 1.29 is 4.79 Å². The zero-order valence-electron chi connectivity index (χ0n) is 8.34. The Morgan fingerprint density at radius 3 is 2.38 bits per heavy atom. The number of thiol groups is 2. The second-order valence-electron chi connectivity index (χ2n) is 3.77. The van der Waals surface area contributed by atoms with Gasteiger partial charge < -0.3 is 5.32 Å². The van der Waals surface area contributed by atoms with Crippen LogP contribution in [0.2, 0.25) is 0 Å². The first-order valence-corrected chi connectivity index (χ1v) is 5.81. The van der Waals surface area contributed by atoms with E-state index in [1.807, 2.05) is 13.8 Å². The fourth-order valence-corrected chi connectivity index (χ4v) is 1.18. The molecule has 0 aromatic carbocycles. The van der Waals surface area contributed by atoms with E-state index in [0.717, 1.165) is 18.6 Å². The number of carbonyl (C=O) groups is 1. The molecule has 0 fully saturated rings. The number of nitrogens with one attached hydrogen (secondary N) is 1. The van der Waals surface area contributed by atoms with E-state index in [4.69, 9.17) is 0 Å². The van der Waals surface area contributed by atoms with Crippen LogP contribution >= 0.6 is 25.3 Å². The first-order valence-electron chi connectivity index (χ1n) is 4.54. The summed E-state index contributed by atoms with van der Waals surface area (Å²) in [5.41, 5.74) is -0.193. The molecular formula is C9H19NOS2. The maximum absolute atomic E-state index is 11.3. The van der Waals surface area contributed by atoms with Crippen LogP contribution in [0.15, 0.2) is 0 Å². The Balaban J connectivity index is 3.62. The van der Waals surface area contributed by atoms with Crippen LogP contribution in [-0.4, -0.2) is 23.0 Å². The van der Waals surface area contributed by atoms with Crippen molar-refractivity contribution in [2.24, 2.45) is 0 Å². The van der Waals surface area contributed by atoms with Crippen molar-refractivity contribution in [1.29, 1.82) is 0 Å². The van der Waals surface area contributed by atoms with Gasteiger partial charge in [0.05, 0.1) is 0 Å². The van der Waals surface area contributed by atoms with Crippen molar-refractivity contribution in [2.45, 2.75) is 38.6 Å². The van der Waals surface area contributed by atoms with Crippen molar-refractivity contribution in [1.82, 2.24) is 5.32 Å². The standard InChI is InChI=1S/C9H19NOS2/c1-9(2,7-13)10-8(11)5-3-4-6-12/h12-13H,3-7H2,1-2H3,(H,10,11). The third-order valence-electron chi connectivity index (χ3n) is 1.69. The van der Waals surface area contributed by atoms with Gasteiger partial charge in [-0.15, -0.1) is 0 Å². The highest BCUT2D eigenvalue weighted by atomic mass is 32.1. The normalized spacial score (nSPS) is 11.4. The maximum atomic E-state index is 11.3. The summed E-state index contributed by atoms with van der Waals surface area (Å²) < 4.78 is 0. The van der Waals surface area contributed by atoms with Crippen LogP contribution in [0.25, 0.3) is 0 Å². The molecule has 0 aliphatic carbocycles. The van der Waals surface area contributed by atoms with E-state index in [2.05, 4.69) is 30.6 Å². The Hall–Kier alpha value is 0.170. The molecule has 2 nitrogen and oxygen atoms in total. The first kappa shape index (κ1) is 13.2. The highest BCUT2D eigenvalue weighted by molar-refractivity contribution is 7.80. The van der Waals surface area contributed by atoms with Gasteiger partial charge in [0.1, 0.15) is 0 Å². The van der Waals surface area contributed by atoms with Gasteiger partial charge in [-0.25, -0.2) is 0 Å². The summed E-state index contributed by atoms with van der Waals surface area (Å²) in [5, 5.41) is 2.92. The molecule has 0 aromatic rings. The van der Waals surface area contributed by atoms with E-state index in [1.165, 1.54) is 0 Å². The topological polar surface area (TPSA) is 29.1 Å². The second kappa shape index (κ2) is 6.60. The Morgan fingerprint density at radius 1 is 1.31 bits per heavy atom. The zero-order chi connectivity index (χ0) is 10.3. The summed E-state index contributed by atoms with van der Waals surface area (Å²) in [4.78, 5) is 11.3. The van der Waals surface area contributed by atoms with Gasteiger partial charge in [-0.3, -0.25) is 4.79 Å². The molecule has 0 rings (SSSR count). The lowest BCUT2D eigenvalue weighted by molar-refractivity contribution is -0.122. The Kier molecular flexibility index (Phi) is 6.68. The summed E-state index contributed by atoms with van der Waals surface area (Å²) in [6.07, 6.45) is 2.51. The largest absolute Gasteiger partial charge is 0.350 e. The van der Waals surface area contributed by atoms with Crippen LogP contribution in [0.5, 0.6) is 0 Å². The second-order valence-corrected chi connectivity index (χ2v) is 4.53. The zero-order valence-corrected chi connectivity index (χ0v) is 10.1. The molecule has 1 N–H and O–H groups in total. The van der Waals surface area contributed by atoms with Gasteiger partial charge in [-0.2, -0.15) is 25.3 Å². The van der Waals surface area contributed by atoms with E-state index in [0.29, 0.717) is 12.2 Å². The van der Waals surface area contributed by atoms with E-state index in [-0.39, 0.29) is 11.4 Å². The minimum atomic E-state index is -0.193. The fourth-order valence-electron chi connectivity index (χ4n) is 0.877. The molecule has 0 unspecified atom stereocenters. The van der Waals surface area contributed by atoms with Crippen molar-refractivity contribution in [2.75, 3.05) is 11.5 Å². The van der Waals surface area contributed by atoms with Crippen LogP contribution in [0.1, 0.15) is 33.1 Å². The van der Waals surface area contributed by atoms with Gasteiger partial charge in [0, 0.05) is 17.7 Å². The van der Waals surface area contributed by atoms with Crippen LogP contribution in [0.4, 0.5) is 0 Å². The lowest BCUT2D eigenvalue weighted by Crippen LogP contribution is -2.44. The molecule has 78 valence electrons. The van der Waals surface area contributed by atoms with Crippen molar-refractivity contribution >= 4 is 31.2 Å². The minimum Gasteiger partial charge on any atom is -0.350 e. The summed E-state index contributed by atoms with van der Waals surface area (Å²) in [6, 6.07) is 0. The molecule has 0 spiro atoms. The quantitative estimate of drug-likeness (QED) is 0.464. The first-order chi connectivity index (χ1) is 6.02. The number of hydrogen-bond donors (Lipinski definition) is 3. The van der Waals surface area contributed by atoms with Gasteiger partial charge >= 0.3 is 0 Å². The van der Waals surface area contributed by atoms with E-state index in [1.54, 1.807) is 0 Å². The highest BCUT2D eigenvalue weighted by Crippen LogP contribution is 2.05. The lowest BCUT2D eigenvalue weighted by Gasteiger charge is -2.23. The summed E-state index contributed by atoms with van der Waals surface area (Å²) in [7, 11) is 0. The van der Waals surface area contributed by atoms with Gasteiger partial charge in [-0.1, -0.05) is 0 Å². The van der Waals surface area contributed by atoms with Gasteiger partial charge in [0.25, 0.3) is 0 Å². The smallest absolute Gasteiger partial charge is 0.220 e. The summed E-state index contributed by atoms with van der Waals surface area (Å²) >= 11 is 8.24. The molecule has 0 heterocycles. The van der Waals surface area contributed by atoms with Crippen molar-refractivity contribution in [3.05, 3.63) is 0 Å². The molecule has 0 radical (unpaired) electrons. The third kappa shape index (κ3) is 7.26. The predicted octanol–water partition coefficient (Wildman–Crippen LogP) is 1.91. The van der Waals surface area contributed by atoms with Crippen LogP contribution in [0.3, 0.4) is 0 Å². The minimum absolute atomic E-state index is 0.112. The monoisotopic (exact) mass is 221 g/mol. The van der Waals surface area contributed by atoms with Gasteiger partial charge in [0.2, 0.25) is 5.91 Å². The van der Waals surface area contributed by atoms with Crippen LogP contribution in [0, 0.1) is 0 Å². The Bertz CT molecular complexity index is 160. The Labute approximate surface area is 91.7 Å². The highest BCUT2D eigenvalue weighted by Gasteiger charge is 2.17. The van der Waals surface area contributed by atoms with E-state index in [9.17, 15) is 4.79 Å². The van der Waals surface area contributed by atoms with Crippen molar-refractivity contribution in [3.63, 3.8) is 0 Å². The van der Waals surface area contributed by atoms with Gasteiger partial charge in [-0.05, 0) is 32.4 Å². The molecule has 1 amide bonds. The van der Waals surface area contributed by atoms with E-state index < -0.39 is 0 Å². The van der Waals surface area contributed by atoms with Crippen molar-refractivity contribution in [3.8, 4) is 0 Å². The average Bonchev–Trinajstić information content (AvgIpc) is 2.04. The number of hydrogen-bond acceptors (Lipinski definition) is 3. The molecule has 0 atom stereocenters. The predicted molar refractivity (Wildman–Crippen MR) is 63.8 cm³/mol. The molecular weight excluding hydrogens is 202 g/mol. The number of unbranched alkanes of at least 4 members (excludes halogenated alkanes) is 1. The summed E-state index contributed by atoms with van der Waals surface area (Å²) in [5.74, 6) is 1.62. The van der Waals surface area contributed by atoms with Crippen LogP contribution < -0.4 is 5.32 Å². The van der Waals surface area contributed by atoms with Gasteiger partial charge in [0.15, 0.2) is 0 Å². The Morgan fingerprint density at radius 2 is 1.92 bits per heavy atom. The lowest BCUT2D eigenvalue weighted by atomic mass is 10.1. The average molecular weight is 221 g/mol. The molecule has 13 heavy (non-hydrogen) atoms. The molecule has 0 bridgehead atoms. The molecule has 0 aliphatic heterocycles. The molecule has 0 aliphatic rings. The van der Waals surface area contributed by atoms with E-state index >= 15 is 0 Å². The number of rotatable bonds is 6. The van der Waals surface area contributed by atoms with Crippen LogP contribution in [-0.2, 0) is 4.79 Å². The summed E-state index contributed by atoms with van der Waals surface area (Å²) in [6.45, 7) is 3.94. The molecule has 0 saturated carbocycles. The number of carbonyl (C=O) groups excluding carboxylic acids is 1. The maximum Gasteiger partial charge on any atom is 0.220 e. The molecule has 4 heteroatoms. The SMILES string of the molecule is CC(C)(CS)NC(=O)CCCCS.